The van der Waals surface area contributed by atoms with Gasteiger partial charge in [0.15, 0.2) is 0 Å². The second-order valence-corrected chi connectivity index (χ2v) is 4.28. The van der Waals surface area contributed by atoms with E-state index in [1.54, 1.807) is 38.1 Å². The molecule has 0 aliphatic heterocycles. The summed E-state index contributed by atoms with van der Waals surface area (Å²) in [6, 6.07) is 6.05. The van der Waals surface area contributed by atoms with E-state index in [9.17, 15) is 9.59 Å². The lowest BCUT2D eigenvalue weighted by Gasteiger charge is -2.14. The van der Waals surface area contributed by atoms with E-state index in [0.717, 1.165) is 11.8 Å². The van der Waals surface area contributed by atoms with Crippen LogP contribution in [0.4, 0.5) is 0 Å². The lowest BCUT2D eigenvalue weighted by Crippen LogP contribution is -2.39. The normalized spacial score (nSPS) is 12.2. The number of aldehydes is 1. The summed E-state index contributed by atoms with van der Waals surface area (Å²) >= 11 is 0. The molecule has 1 rings (SSSR count). The highest BCUT2D eigenvalue weighted by Gasteiger charge is 2.14. The molecule has 1 atom stereocenters. The Balaban J connectivity index is 2.61. The zero-order valence-corrected chi connectivity index (χ0v) is 10.0. The third-order valence-electron chi connectivity index (χ3n) is 2.41. The van der Waals surface area contributed by atoms with Gasteiger partial charge in [-0.05, 0) is 24.1 Å². The van der Waals surface area contributed by atoms with E-state index in [1.807, 2.05) is 0 Å². The molecule has 17 heavy (non-hydrogen) atoms. The Hall–Kier alpha value is -1.84. The van der Waals surface area contributed by atoms with Crippen LogP contribution in [0.25, 0.3) is 0 Å². The summed E-state index contributed by atoms with van der Waals surface area (Å²) in [5.41, 5.74) is 0.893. The number of hydrogen-bond donors (Lipinski definition) is 2. The first kappa shape index (κ1) is 13.2. The third-order valence-corrected chi connectivity index (χ3v) is 2.41. The fourth-order valence-electron chi connectivity index (χ4n) is 1.37. The molecule has 0 aliphatic rings. The van der Waals surface area contributed by atoms with Gasteiger partial charge in [-0.25, -0.2) is 0 Å². The minimum atomic E-state index is -0.519. The van der Waals surface area contributed by atoms with E-state index < -0.39 is 6.04 Å². The molecule has 0 radical (unpaired) electrons. The molecule has 0 bridgehead atoms. The largest absolute Gasteiger partial charge is 0.508 e. The number of aromatic hydroxyl groups is 1. The van der Waals surface area contributed by atoms with E-state index in [1.165, 1.54) is 0 Å². The molecule has 1 aromatic carbocycles. The maximum absolute atomic E-state index is 11.4. The van der Waals surface area contributed by atoms with Gasteiger partial charge in [0.25, 0.3) is 0 Å². The highest BCUT2D eigenvalue weighted by Crippen LogP contribution is 2.11. The van der Waals surface area contributed by atoms with Gasteiger partial charge in [0.05, 0.1) is 6.04 Å². The molecule has 1 aromatic rings. The number of phenolic OH excluding ortho intramolecular Hbond substituents is 1. The Morgan fingerprint density at radius 3 is 2.41 bits per heavy atom. The number of amides is 1. The SMILES string of the molecule is CC(C)C(=O)N[C@H](C=O)Cc1ccc(O)cc1. The van der Waals surface area contributed by atoms with Gasteiger partial charge in [-0.3, -0.25) is 4.79 Å². The van der Waals surface area contributed by atoms with Gasteiger partial charge in [0.2, 0.25) is 5.91 Å². The number of nitrogens with one attached hydrogen (secondary N) is 1. The van der Waals surface area contributed by atoms with Crippen LogP contribution in [-0.2, 0) is 16.0 Å². The van der Waals surface area contributed by atoms with Gasteiger partial charge in [0.1, 0.15) is 12.0 Å². The van der Waals surface area contributed by atoms with Crippen LogP contribution in [0, 0.1) is 5.92 Å². The quantitative estimate of drug-likeness (QED) is 0.755. The molecule has 0 fully saturated rings. The Labute approximate surface area is 101 Å². The summed E-state index contributed by atoms with van der Waals surface area (Å²) in [5, 5.41) is 11.8. The summed E-state index contributed by atoms with van der Waals surface area (Å²) in [7, 11) is 0. The number of benzene rings is 1. The molecule has 2 N–H and O–H groups in total. The number of carbonyl (C=O) groups excluding carboxylic acids is 2. The first-order chi connectivity index (χ1) is 8.02. The highest BCUT2D eigenvalue weighted by atomic mass is 16.3. The number of phenols is 1. The van der Waals surface area contributed by atoms with Crippen LogP contribution in [0.5, 0.6) is 5.75 Å². The Bertz CT molecular complexity index is 384. The predicted molar refractivity (Wildman–Crippen MR) is 64.6 cm³/mol. The van der Waals surface area contributed by atoms with Crippen molar-refractivity contribution in [2.75, 3.05) is 0 Å². The molecule has 0 aliphatic carbocycles. The number of rotatable bonds is 5. The smallest absolute Gasteiger partial charge is 0.223 e. The Morgan fingerprint density at radius 2 is 1.94 bits per heavy atom. The first-order valence-corrected chi connectivity index (χ1v) is 5.56. The molecule has 1 amide bonds. The summed E-state index contributed by atoms with van der Waals surface area (Å²) in [6.07, 6.45) is 1.16. The molecule has 4 heteroatoms. The zero-order valence-electron chi connectivity index (χ0n) is 10.0. The average Bonchev–Trinajstić information content (AvgIpc) is 2.30. The van der Waals surface area contributed by atoms with E-state index in [4.69, 9.17) is 5.11 Å². The molecule has 0 unspecified atom stereocenters. The molecule has 0 aromatic heterocycles. The van der Waals surface area contributed by atoms with Crippen molar-refractivity contribution < 1.29 is 14.7 Å². The minimum Gasteiger partial charge on any atom is -0.508 e. The lowest BCUT2D eigenvalue weighted by molar-refractivity contribution is -0.126. The molecule has 0 heterocycles. The maximum Gasteiger partial charge on any atom is 0.223 e. The van der Waals surface area contributed by atoms with Crippen LogP contribution in [0.15, 0.2) is 24.3 Å². The van der Waals surface area contributed by atoms with E-state index in [2.05, 4.69) is 5.32 Å². The van der Waals surface area contributed by atoms with E-state index >= 15 is 0 Å². The number of hydrogen-bond acceptors (Lipinski definition) is 3. The second-order valence-electron chi connectivity index (χ2n) is 4.28. The summed E-state index contributed by atoms with van der Waals surface area (Å²) in [5.74, 6) is -0.0965. The van der Waals surface area contributed by atoms with Crippen molar-refractivity contribution in [3.63, 3.8) is 0 Å². The highest BCUT2D eigenvalue weighted by molar-refractivity contribution is 5.81. The van der Waals surface area contributed by atoms with Gasteiger partial charge in [-0.15, -0.1) is 0 Å². The summed E-state index contributed by atoms with van der Waals surface area (Å²) in [4.78, 5) is 22.3. The van der Waals surface area contributed by atoms with E-state index in [0.29, 0.717) is 6.42 Å². The van der Waals surface area contributed by atoms with Gasteiger partial charge < -0.3 is 15.2 Å². The second kappa shape index (κ2) is 6.03. The van der Waals surface area contributed by atoms with E-state index in [-0.39, 0.29) is 17.6 Å². The molecule has 0 spiro atoms. The summed E-state index contributed by atoms with van der Waals surface area (Å²) in [6.45, 7) is 3.55. The standard InChI is InChI=1S/C13H17NO3/c1-9(2)13(17)14-11(8-15)7-10-3-5-12(16)6-4-10/h3-6,8-9,11,16H,7H2,1-2H3,(H,14,17)/t11-/m0/s1. The van der Waals surface area contributed by atoms with Crippen molar-refractivity contribution in [1.82, 2.24) is 5.32 Å². The van der Waals surface area contributed by atoms with Gasteiger partial charge in [-0.2, -0.15) is 0 Å². The van der Waals surface area contributed by atoms with Crippen LogP contribution >= 0.6 is 0 Å². The zero-order chi connectivity index (χ0) is 12.8. The fourth-order valence-corrected chi connectivity index (χ4v) is 1.37. The first-order valence-electron chi connectivity index (χ1n) is 5.56. The van der Waals surface area contributed by atoms with Crippen molar-refractivity contribution >= 4 is 12.2 Å². The van der Waals surface area contributed by atoms with Gasteiger partial charge in [-0.1, -0.05) is 26.0 Å². The van der Waals surface area contributed by atoms with Crippen LogP contribution in [-0.4, -0.2) is 23.3 Å². The lowest BCUT2D eigenvalue weighted by atomic mass is 10.1. The van der Waals surface area contributed by atoms with Gasteiger partial charge in [0, 0.05) is 5.92 Å². The Morgan fingerprint density at radius 1 is 1.35 bits per heavy atom. The van der Waals surface area contributed by atoms with Crippen molar-refractivity contribution in [2.45, 2.75) is 26.3 Å². The van der Waals surface area contributed by atoms with Crippen LogP contribution in [0.2, 0.25) is 0 Å². The fraction of sp³-hybridized carbons (Fsp3) is 0.385. The topological polar surface area (TPSA) is 66.4 Å². The predicted octanol–water partition coefficient (Wildman–Crippen LogP) is 1.27. The van der Waals surface area contributed by atoms with Crippen LogP contribution in [0.1, 0.15) is 19.4 Å². The molecular formula is C13H17NO3. The Kier molecular flexibility index (Phi) is 4.69. The van der Waals surface area contributed by atoms with Crippen molar-refractivity contribution in [3.05, 3.63) is 29.8 Å². The van der Waals surface area contributed by atoms with Crippen molar-refractivity contribution in [3.8, 4) is 5.75 Å². The van der Waals surface area contributed by atoms with Crippen LogP contribution < -0.4 is 5.32 Å². The molecule has 0 saturated carbocycles. The number of carbonyl (C=O) groups is 2. The monoisotopic (exact) mass is 235 g/mol. The van der Waals surface area contributed by atoms with Crippen LogP contribution in [0.3, 0.4) is 0 Å². The molecule has 92 valence electrons. The van der Waals surface area contributed by atoms with Crippen molar-refractivity contribution in [2.24, 2.45) is 5.92 Å². The molecule has 0 saturated heterocycles. The summed E-state index contributed by atoms with van der Waals surface area (Å²) < 4.78 is 0. The third kappa shape index (κ3) is 4.26. The van der Waals surface area contributed by atoms with Gasteiger partial charge >= 0.3 is 0 Å². The molecule has 4 nitrogen and oxygen atoms in total. The molecular weight excluding hydrogens is 218 g/mol. The maximum atomic E-state index is 11.4. The van der Waals surface area contributed by atoms with Crippen molar-refractivity contribution in [1.29, 1.82) is 0 Å². The average molecular weight is 235 g/mol. The minimum absolute atomic E-state index is 0.138.